The van der Waals surface area contributed by atoms with Gasteiger partial charge in [-0.1, -0.05) is 36.4 Å². The Bertz CT molecular complexity index is 1350. The van der Waals surface area contributed by atoms with Crippen molar-refractivity contribution in [1.82, 2.24) is 30.2 Å². The highest BCUT2D eigenvalue weighted by atomic mass is 16.2. The predicted octanol–water partition coefficient (Wildman–Crippen LogP) is 4.22. The van der Waals surface area contributed by atoms with Crippen LogP contribution in [-0.2, 0) is 32.6 Å². The molecule has 1 aliphatic carbocycles. The molecule has 0 radical (unpaired) electrons. The van der Waals surface area contributed by atoms with Gasteiger partial charge >= 0.3 is 0 Å². The minimum Gasteiger partial charge on any atom is -0.347 e. The number of benzene rings is 2. The number of hydrogen-bond acceptors (Lipinski definition) is 4. The zero-order valence-electron chi connectivity index (χ0n) is 22.2. The average Bonchev–Trinajstić information content (AvgIpc) is 3.71. The van der Waals surface area contributed by atoms with E-state index < -0.39 is 0 Å². The van der Waals surface area contributed by atoms with Gasteiger partial charge < -0.3 is 20.2 Å². The molecule has 0 spiro atoms. The first-order valence-corrected chi connectivity index (χ1v) is 14.0. The third kappa shape index (κ3) is 6.17. The fourth-order valence-electron chi connectivity index (χ4n) is 5.82. The lowest BCUT2D eigenvalue weighted by Crippen LogP contribution is -2.39. The number of carbonyl (C=O) groups excluding carboxylic acids is 1. The Kier molecular flexibility index (Phi) is 7.63. The first-order chi connectivity index (χ1) is 19.2. The van der Waals surface area contributed by atoms with E-state index in [0.29, 0.717) is 30.7 Å². The molecule has 8 heteroatoms. The second-order valence-corrected chi connectivity index (χ2v) is 10.6. The zero-order chi connectivity index (χ0) is 26.4. The standard InChI is InChI=1S/C31H36N7O/c39-31(38(21-29-32-14-15-33-29)22-30-34-16-17-35-30)25-7-5-23(6-8-25)19-36-27-9-11-28(12-10-27)37-18-13-24-3-1-2-4-26(24)20-37/h1-8,14-18,27-28,36H,9-13,19-22H2,(H,32,33)(H,34,35)/q+1. The van der Waals surface area contributed by atoms with Crippen molar-refractivity contribution in [3.05, 3.63) is 107 Å². The lowest BCUT2D eigenvalue weighted by Gasteiger charge is -2.29. The number of rotatable bonds is 9. The summed E-state index contributed by atoms with van der Waals surface area (Å²) in [6, 6.07) is 18.0. The molecular weight excluding hydrogens is 486 g/mol. The number of hydrogen-bond donors (Lipinski definition) is 3. The van der Waals surface area contributed by atoms with Crippen molar-refractivity contribution in [2.24, 2.45) is 0 Å². The van der Waals surface area contributed by atoms with Crippen LogP contribution in [0.5, 0.6) is 0 Å². The first kappa shape index (κ1) is 25.2. The number of nitrogens with one attached hydrogen (secondary N) is 3. The van der Waals surface area contributed by atoms with Crippen LogP contribution in [0.2, 0.25) is 0 Å². The average molecular weight is 523 g/mol. The van der Waals surface area contributed by atoms with Crippen molar-refractivity contribution in [2.75, 3.05) is 0 Å². The quantitative estimate of drug-likeness (QED) is 0.287. The monoisotopic (exact) mass is 522 g/mol. The van der Waals surface area contributed by atoms with E-state index in [1.165, 1.54) is 42.4 Å². The molecule has 6 rings (SSSR count). The Morgan fingerprint density at radius 1 is 0.897 bits per heavy atom. The molecule has 3 N–H and O–H groups in total. The number of fused-ring (bicyclic) bond motifs is 1. The fraction of sp³-hybridized carbons (Fsp3) is 0.355. The van der Waals surface area contributed by atoms with E-state index in [0.717, 1.165) is 31.2 Å². The summed E-state index contributed by atoms with van der Waals surface area (Å²) in [5, 5.41) is 3.76. The van der Waals surface area contributed by atoms with Crippen molar-refractivity contribution in [3.8, 4) is 0 Å². The van der Waals surface area contributed by atoms with Crippen molar-refractivity contribution in [1.29, 1.82) is 0 Å². The number of aromatic nitrogens is 4. The second-order valence-electron chi connectivity index (χ2n) is 10.6. The van der Waals surface area contributed by atoms with E-state index in [9.17, 15) is 4.79 Å². The smallest absolute Gasteiger partial charge is 0.254 e. The zero-order valence-corrected chi connectivity index (χ0v) is 22.2. The first-order valence-electron chi connectivity index (χ1n) is 14.0. The summed E-state index contributed by atoms with van der Waals surface area (Å²) >= 11 is 0. The predicted molar refractivity (Wildman–Crippen MR) is 150 cm³/mol. The van der Waals surface area contributed by atoms with Gasteiger partial charge in [-0.2, -0.15) is 0 Å². The van der Waals surface area contributed by atoms with Gasteiger partial charge in [-0.15, -0.1) is 0 Å². The Balaban J connectivity index is 1.00. The minimum absolute atomic E-state index is 0.0437. The van der Waals surface area contributed by atoms with E-state index >= 15 is 0 Å². The number of amides is 1. The highest BCUT2D eigenvalue weighted by Crippen LogP contribution is 2.25. The molecule has 0 bridgehead atoms. The lowest BCUT2D eigenvalue weighted by atomic mass is 9.89. The minimum atomic E-state index is -0.0437. The molecular formula is C31H36N7O+. The van der Waals surface area contributed by atoms with E-state index in [-0.39, 0.29) is 5.91 Å². The molecule has 4 aromatic rings. The summed E-state index contributed by atoms with van der Waals surface area (Å²) in [5.41, 5.74) is 4.81. The highest BCUT2D eigenvalue weighted by molar-refractivity contribution is 5.94. The van der Waals surface area contributed by atoms with E-state index in [1.807, 2.05) is 12.1 Å². The normalized spacial score (nSPS) is 18.8. The Morgan fingerprint density at radius 3 is 2.21 bits per heavy atom. The molecule has 0 saturated heterocycles. The Morgan fingerprint density at radius 2 is 1.56 bits per heavy atom. The number of nitrogens with zero attached hydrogens (tertiary/aromatic N) is 4. The van der Waals surface area contributed by atoms with Crippen LogP contribution >= 0.6 is 0 Å². The van der Waals surface area contributed by atoms with Crippen LogP contribution < -0.4 is 5.32 Å². The molecule has 1 saturated carbocycles. The molecule has 1 fully saturated rings. The summed E-state index contributed by atoms with van der Waals surface area (Å²) in [6.07, 6.45) is 15.2. The van der Waals surface area contributed by atoms with Gasteiger partial charge in [0.25, 0.3) is 5.91 Å². The van der Waals surface area contributed by atoms with Crippen molar-refractivity contribution >= 4 is 12.1 Å². The Labute approximate surface area is 229 Å². The SMILES string of the molecule is O=C(c1ccc(CNC2CCC([N+]3=CCc4ccccc4C3)CC2)cc1)N(Cc1ncc[nH]1)Cc1ncc[nH]1. The third-order valence-electron chi connectivity index (χ3n) is 8.06. The fourth-order valence-corrected chi connectivity index (χ4v) is 5.82. The summed E-state index contributed by atoms with van der Waals surface area (Å²) < 4.78 is 2.58. The van der Waals surface area contributed by atoms with Gasteiger partial charge in [0.2, 0.25) is 0 Å². The van der Waals surface area contributed by atoms with Gasteiger partial charge in [0.1, 0.15) is 17.9 Å². The van der Waals surface area contributed by atoms with Gasteiger partial charge in [0.05, 0.1) is 19.5 Å². The maximum Gasteiger partial charge on any atom is 0.254 e. The third-order valence-corrected chi connectivity index (χ3v) is 8.06. The molecule has 200 valence electrons. The molecule has 0 unspecified atom stereocenters. The van der Waals surface area contributed by atoms with Gasteiger partial charge in [0, 0.05) is 61.3 Å². The van der Waals surface area contributed by atoms with Gasteiger partial charge in [-0.25, -0.2) is 14.5 Å². The van der Waals surface area contributed by atoms with Crippen molar-refractivity contribution in [3.63, 3.8) is 0 Å². The van der Waals surface area contributed by atoms with E-state index in [2.05, 4.69) is 72.4 Å². The van der Waals surface area contributed by atoms with Crippen molar-refractivity contribution < 1.29 is 9.37 Å². The van der Waals surface area contributed by atoms with Crippen LogP contribution in [0.3, 0.4) is 0 Å². The van der Waals surface area contributed by atoms with Gasteiger partial charge in [-0.3, -0.25) is 4.79 Å². The van der Waals surface area contributed by atoms with E-state index in [4.69, 9.17) is 0 Å². The summed E-state index contributed by atoms with van der Waals surface area (Å²) in [5.74, 6) is 1.44. The number of aromatic amines is 2. The van der Waals surface area contributed by atoms with Crippen LogP contribution in [0.15, 0.2) is 73.3 Å². The molecule has 3 heterocycles. The van der Waals surface area contributed by atoms with Crippen molar-refractivity contribution in [2.45, 2.75) is 70.4 Å². The highest BCUT2D eigenvalue weighted by Gasteiger charge is 2.30. The Hall–Kier alpha value is -4.04. The molecule has 8 nitrogen and oxygen atoms in total. The number of imidazole rings is 2. The molecule has 0 atom stereocenters. The van der Waals surface area contributed by atoms with Crippen LogP contribution in [0, 0.1) is 0 Å². The maximum absolute atomic E-state index is 13.4. The summed E-state index contributed by atoms with van der Waals surface area (Å²) in [4.78, 5) is 29.9. The largest absolute Gasteiger partial charge is 0.347 e. The number of H-pyrrole nitrogens is 2. The van der Waals surface area contributed by atoms with Gasteiger partial charge in [0.15, 0.2) is 12.6 Å². The van der Waals surface area contributed by atoms with Crippen LogP contribution in [0.4, 0.5) is 0 Å². The molecule has 2 aliphatic rings. The topological polar surface area (TPSA) is 92.7 Å². The molecule has 1 amide bonds. The summed E-state index contributed by atoms with van der Waals surface area (Å²) in [6.45, 7) is 2.64. The molecule has 39 heavy (non-hydrogen) atoms. The van der Waals surface area contributed by atoms with Crippen LogP contribution in [-0.4, -0.2) is 53.6 Å². The summed E-state index contributed by atoms with van der Waals surface area (Å²) in [7, 11) is 0. The molecule has 1 aliphatic heterocycles. The molecule has 2 aromatic carbocycles. The van der Waals surface area contributed by atoms with Gasteiger partial charge in [-0.05, 0) is 36.1 Å². The molecule has 2 aromatic heterocycles. The second kappa shape index (κ2) is 11.8. The number of carbonyl (C=O) groups is 1. The lowest BCUT2D eigenvalue weighted by molar-refractivity contribution is -0.583. The van der Waals surface area contributed by atoms with Crippen LogP contribution in [0.1, 0.15) is 64.4 Å². The van der Waals surface area contributed by atoms with Crippen LogP contribution in [0.25, 0.3) is 0 Å². The maximum atomic E-state index is 13.4. The van der Waals surface area contributed by atoms with E-state index in [1.54, 1.807) is 29.7 Å².